The number of hydrogen-bond acceptors (Lipinski definition) is 3. The number of likely N-dealkylation sites (tertiary alicyclic amines) is 1. The van der Waals surface area contributed by atoms with Gasteiger partial charge in [0.1, 0.15) is 11.6 Å². The minimum absolute atomic E-state index is 0.0781. The number of ether oxygens (including phenoxy) is 1. The van der Waals surface area contributed by atoms with Crippen LogP contribution in [0.3, 0.4) is 0 Å². The number of carbonyl (C=O) groups is 2. The quantitative estimate of drug-likeness (QED) is 0.905. The van der Waals surface area contributed by atoms with Gasteiger partial charge in [-0.15, -0.1) is 0 Å². The van der Waals surface area contributed by atoms with Crippen LogP contribution >= 0.6 is 0 Å². The van der Waals surface area contributed by atoms with Gasteiger partial charge in [0.25, 0.3) is 5.91 Å². The Hall–Kier alpha value is -2.11. The van der Waals surface area contributed by atoms with Crippen molar-refractivity contribution in [2.24, 2.45) is 11.8 Å². The van der Waals surface area contributed by atoms with E-state index >= 15 is 0 Å². The van der Waals surface area contributed by atoms with Crippen LogP contribution in [0.5, 0.6) is 5.75 Å². The second-order valence-corrected chi connectivity index (χ2v) is 4.97. The first-order valence-electron chi connectivity index (χ1n) is 6.36. The van der Waals surface area contributed by atoms with Gasteiger partial charge in [0.15, 0.2) is 6.61 Å². The summed E-state index contributed by atoms with van der Waals surface area (Å²) >= 11 is 0. The highest BCUT2D eigenvalue weighted by Crippen LogP contribution is 2.23. The summed E-state index contributed by atoms with van der Waals surface area (Å²) in [5, 5.41) is 9.01. The zero-order valence-electron chi connectivity index (χ0n) is 11.1. The minimum Gasteiger partial charge on any atom is -0.484 e. The summed E-state index contributed by atoms with van der Waals surface area (Å²) in [4.78, 5) is 24.4. The summed E-state index contributed by atoms with van der Waals surface area (Å²) in [6.07, 6.45) is 0. The number of rotatable bonds is 4. The van der Waals surface area contributed by atoms with Crippen molar-refractivity contribution < 1.29 is 23.8 Å². The molecule has 1 fully saturated rings. The average molecular weight is 281 g/mol. The molecule has 1 aromatic rings. The Morgan fingerprint density at radius 2 is 2.20 bits per heavy atom. The minimum atomic E-state index is -0.890. The molecule has 2 rings (SSSR count). The van der Waals surface area contributed by atoms with Crippen LogP contribution in [0.1, 0.15) is 6.92 Å². The van der Waals surface area contributed by atoms with E-state index in [1.54, 1.807) is 13.0 Å². The standard InChI is InChI=1S/C14H16FNO4/c1-9-6-16(7-12(9)14(18)19)13(17)8-20-11-4-2-3-10(15)5-11/h2-5,9,12H,6-8H2,1H3,(H,18,19)/t9-,12-/m1/s1. The number of nitrogens with zero attached hydrogens (tertiary/aromatic N) is 1. The summed E-state index contributed by atoms with van der Waals surface area (Å²) in [6.45, 7) is 2.19. The third kappa shape index (κ3) is 3.26. The van der Waals surface area contributed by atoms with E-state index in [2.05, 4.69) is 0 Å². The van der Waals surface area contributed by atoms with Crippen LogP contribution in [-0.4, -0.2) is 41.6 Å². The van der Waals surface area contributed by atoms with Gasteiger partial charge in [-0.3, -0.25) is 9.59 Å². The lowest BCUT2D eigenvalue weighted by Crippen LogP contribution is -2.33. The molecule has 108 valence electrons. The maximum atomic E-state index is 12.9. The summed E-state index contributed by atoms with van der Waals surface area (Å²) < 4.78 is 18.2. The molecule has 20 heavy (non-hydrogen) atoms. The van der Waals surface area contributed by atoms with Crippen LogP contribution in [-0.2, 0) is 9.59 Å². The smallest absolute Gasteiger partial charge is 0.308 e. The first-order chi connectivity index (χ1) is 9.47. The summed E-state index contributed by atoms with van der Waals surface area (Å²) in [6, 6.07) is 5.53. The predicted molar refractivity (Wildman–Crippen MR) is 68.8 cm³/mol. The monoisotopic (exact) mass is 281 g/mol. The predicted octanol–water partition coefficient (Wildman–Crippen LogP) is 1.38. The largest absolute Gasteiger partial charge is 0.484 e. The fraction of sp³-hybridized carbons (Fsp3) is 0.429. The number of carbonyl (C=O) groups excluding carboxylic acids is 1. The Balaban J connectivity index is 1.88. The van der Waals surface area contributed by atoms with Gasteiger partial charge in [-0.2, -0.15) is 0 Å². The Morgan fingerprint density at radius 3 is 2.80 bits per heavy atom. The van der Waals surface area contributed by atoms with Crippen LogP contribution in [0.15, 0.2) is 24.3 Å². The highest BCUT2D eigenvalue weighted by atomic mass is 19.1. The van der Waals surface area contributed by atoms with Crippen molar-refractivity contribution in [3.63, 3.8) is 0 Å². The van der Waals surface area contributed by atoms with E-state index in [0.717, 1.165) is 0 Å². The number of amides is 1. The summed E-state index contributed by atoms with van der Waals surface area (Å²) in [5.74, 6) is -1.95. The molecule has 6 heteroatoms. The molecule has 1 N–H and O–H groups in total. The van der Waals surface area contributed by atoms with Gasteiger partial charge in [0.05, 0.1) is 5.92 Å². The highest BCUT2D eigenvalue weighted by Gasteiger charge is 2.36. The van der Waals surface area contributed by atoms with Crippen LogP contribution < -0.4 is 4.74 Å². The second-order valence-electron chi connectivity index (χ2n) is 4.97. The van der Waals surface area contributed by atoms with Crippen LogP contribution in [0.2, 0.25) is 0 Å². The maximum Gasteiger partial charge on any atom is 0.308 e. The summed E-state index contributed by atoms with van der Waals surface area (Å²) in [5.41, 5.74) is 0. The van der Waals surface area contributed by atoms with Gasteiger partial charge in [0, 0.05) is 19.2 Å². The third-order valence-corrected chi connectivity index (χ3v) is 3.44. The lowest BCUT2D eigenvalue weighted by Gasteiger charge is -2.16. The fourth-order valence-electron chi connectivity index (χ4n) is 2.29. The van der Waals surface area contributed by atoms with Gasteiger partial charge < -0.3 is 14.7 Å². The lowest BCUT2D eigenvalue weighted by molar-refractivity contribution is -0.142. The number of halogens is 1. The first kappa shape index (κ1) is 14.3. The third-order valence-electron chi connectivity index (χ3n) is 3.44. The number of carboxylic acid groups (broad SMARTS) is 1. The first-order valence-corrected chi connectivity index (χ1v) is 6.36. The second kappa shape index (κ2) is 5.90. The molecule has 0 radical (unpaired) electrons. The van der Waals surface area contributed by atoms with E-state index in [4.69, 9.17) is 9.84 Å². The molecule has 2 atom stereocenters. The van der Waals surface area contributed by atoms with Gasteiger partial charge in [-0.1, -0.05) is 13.0 Å². The van der Waals surface area contributed by atoms with Crippen molar-refractivity contribution in [3.8, 4) is 5.75 Å². The average Bonchev–Trinajstić information content (AvgIpc) is 2.78. The van der Waals surface area contributed by atoms with Crippen molar-refractivity contribution in [1.29, 1.82) is 0 Å². The topological polar surface area (TPSA) is 66.8 Å². The number of aliphatic carboxylic acids is 1. The molecule has 1 aliphatic rings. The molecular formula is C14H16FNO4. The van der Waals surface area contributed by atoms with E-state index in [1.807, 2.05) is 0 Å². The number of benzene rings is 1. The molecular weight excluding hydrogens is 265 g/mol. The molecule has 0 unspecified atom stereocenters. The Morgan fingerprint density at radius 1 is 1.45 bits per heavy atom. The van der Waals surface area contributed by atoms with E-state index in [1.165, 1.54) is 23.1 Å². The van der Waals surface area contributed by atoms with Crippen LogP contribution in [0.25, 0.3) is 0 Å². The molecule has 0 aromatic heterocycles. The fourth-order valence-corrected chi connectivity index (χ4v) is 2.29. The zero-order chi connectivity index (χ0) is 14.7. The molecule has 0 aliphatic carbocycles. The Bertz CT molecular complexity index is 520. The summed E-state index contributed by atoms with van der Waals surface area (Å²) in [7, 11) is 0. The highest BCUT2D eigenvalue weighted by molar-refractivity contribution is 5.80. The molecule has 1 heterocycles. The van der Waals surface area contributed by atoms with Crippen LogP contribution in [0, 0.1) is 17.7 Å². The molecule has 0 bridgehead atoms. The SMILES string of the molecule is C[C@@H]1CN(C(=O)COc2cccc(F)c2)C[C@H]1C(=O)O. The van der Waals surface area contributed by atoms with Gasteiger partial charge >= 0.3 is 5.97 Å². The molecule has 1 aromatic carbocycles. The van der Waals surface area contributed by atoms with Crippen molar-refractivity contribution in [1.82, 2.24) is 4.90 Å². The molecule has 5 nitrogen and oxygen atoms in total. The van der Waals surface area contributed by atoms with Crippen molar-refractivity contribution >= 4 is 11.9 Å². The molecule has 1 aliphatic heterocycles. The van der Waals surface area contributed by atoms with Crippen LogP contribution in [0.4, 0.5) is 4.39 Å². The van der Waals surface area contributed by atoms with Gasteiger partial charge in [0.2, 0.25) is 0 Å². The van der Waals surface area contributed by atoms with E-state index < -0.39 is 17.7 Å². The van der Waals surface area contributed by atoms with E-state index in [-0.39, 0.29) is 30.7 Å². The molecule has 0 spiro atoms. The lowest BCUT2D eigenvalue weighted by atomic mass is 9.99. The van der Waals surface area contributed by atoms with E-state index in [0.29, 0.717) is 6.54 Å². The number of hydrogen-bond donors (Lipinski definition) is 1. The van der Waals surface area contributed by atoms with Crippen molar-refractivity contribution in [2.45, 2.75) is 6.92 Å². The van der Waals surface area contributed by atoms with Gasteiger partial charge in [-0.05, 0) is 18.1 Å². The van der Waals surface area contributed by atoms with Crippen molar-refractivity contribution in [2.75, 3.05) is 19.7 Å². The molecule has 1 saturated heterocycles. The van der Waals surface area contributed by atoms with Crippen molar-refractivity contribution in [3.05, 3.63) is 30.1 Å². The molecule has 1 amide bonds. The zero-order valence-corrected chi connectivity index (χ0v) is 11.1. The molecule has 0 saturated carbocycles. The van der Waals surface area contributed by atoms with Gasteiger partial charge in [-0.25, -0.2) is 4.39 Å². The van der Waals surface area contributed by atoms with E-state index in [9.17, 15) is 14.0 Å². The normalized spacial score (nSPS) is 21.8. The number of carboxylic acids is 1. The Kier molecular flexibility index (Phi) is 4.22. The Labute approximate surface area is 116 Å². The maximum absolute atomic E-state index is 12.9.